The number of thiophene rings is 1. The van der Waals surface area contributed by atoms with Crippen LogP contribution >= 0.6 is 11.3 Å². The zero-order valence-corrected chi connectivity index (χ0v) is 11.8. The van der Waals surface area contributed by atoms with Crippen molar-refractivity contribution >= 4 is 11.3 Å². The molecular weight excluding hydrogens is 273 g/mol. The molecule has 0 amide bonds. The highest BCUT2D eigenvalue weighted by molar-refractivity contribution is 7.10. The van der Waals surface area contributed by atoms with Gasteiger partial charge in [0.05, 0.1) is 6.54 Å². The van der Waals surface area contributed by atoms with E-state index in [1.807, 2.05) is 0 Å². The van der Waals surface area contributed by atoms with Crippen LogP contribution in [0.15, 0.2) is 11.4 Å². The summed E-state index contributed by atoms with van der Waals surface area (Å²) in [6.07, 6.45) is -3.22. The molecule has 1 atom stereocenters. The summed E-state index contributed by atoms with van der Waals surface area (Å²) in [5.74, 6) is 0.336. The van der Waals surface area contributed by atoms with Crippen molar-refractivity contribution in [1.29, 1.82) is 0 Å². The third-order valence-electron chi connectivity index (χ3n) is 3.46. The summed E-state index contributed by atoms with van der Waals surface area (Å²) in [6.45, 7) is 4.03. The molecule has 2 heterocycles. The van der Waals surface area contributed by atoms with Gasteiger partial charge in [0.25, 0.3) is 0 Å². The molecule has 0 saturated carbocycles. The summed E-state index contributed by atoms with van der Waals surface area (Å²) in [5, 5.41) is 5.42. The highest BCUT2D eigenvalue weighted by Gasteiger charge is 2.34. The van der Waals surface area contributed by atoms with E-state index in [1.54, 1.807) is 11.3 Å². The largest absolute Gasteiger partial charge is 0.401 e. The maximum atomic E-state index is 12.3. The van der Waals surface area contributed by atoms with Crippen molar-refractivity contribution in [3.05, 3.63) is 21.9 Å². The molecular formula is C13H19F3N2S. The smallest absolute Gasteiger partial charge is 0.312 e. The fourth-order valence-corrected chi connectivity index (χ4v) is 3.33. The van der Waals surface area contributed by atoms with Gasteiger partial charge in [0, 0.05) is 18.0 Å². The van der Waals surface area contributed by atoms with Gasteiger partial charge >= 0.3 is 6.18 Å². The van der Waals surface area contributed by atoms with Gasteiger partial charge in [-0.15, -0.1) is 11.3 Å². The molecule has 0 unspecified atom stereocenters. The summed E-state index contributed by atoms with van der Waals surface area (Å²) in [6, 6.07) is 2.09. The van der Waals surface area contributed by atoms with Gasteiger partial charge in [0.15, 0.2) is 0 Å². The van der Waals surface area contributed by atoms with E-state index in [-0.39, 0.29) is 0 Å². The first-order chi connectivity index (χ1) is 8.94. The Kier molecular flexibility index (Phi) is 4.86. The summed E-state index contributed by atoms with van der Waals surface area (Å²) in [4.78, 5) is 2.81. The van der Waals surface area contributed by atoms with Crippen LogP contribution < -0.4 is 5.32 Å². The lowest BCUT2D eigenvalue weighted by molar-refractivity contribution is -0.143. The minimum Gasteiger partial charge on any atom is -0.312 e. The third-order valence-corrected chi connectivity index (χ3v) is 4.48. The zero-order chi connectivity index (χ0) is 13.9. The molecule has 0 spiro atoms. The summed E-state index contributed by atoms with van der Waals surface area (Å²) >= 11 is 1.72. The van der Waals surface area contributed by atoms with E-state index in [4.69, 9.17) is 0 Å². The fraction of sp³-hybridized carbons (Fsp3) is 0.692. The standard InChI is InChI=1S/C13H19F3N2S/c1-10-3-5-19-12(10)7-17-6-11-2-4-18(8-11)9-13(14,15)16/h3,5,11,17H,2,4,6-9H2,1H3/t11-/m1/s1. The normalized spacial score (nSPS) is 21.2. The number of rotatable bonds is 5. The van der Waals surface area contributed by atoms with Crippen molar-refractivity contribution in [1.82, 2.24) is 10.2 Å². The van der Waals surface area contributed by atoms with Crippen LogP contribution in [0.4, 0.5) is 13.2 Å². The molecule has 0 bridgehead atoms. The highest BCUT2D eigenvalue weighted by atomic mass is 32.1. The Balaban J connectivity index is 1.67. The Morgan fingerprint density at radius 2 is 2.26 bits per heavy atom. The van der Waals surface area contributed by atoms with Crippen LogP contribution in [0.3, 0.4) is 0 Å². The van der Waals surface area contributed by atoms with Gasteiger partial charge in [0.2, 0.25) is 0 Å². The topological polar surface area (TPSA) is 15.3 Å². The number of hydrogen-bond donors (Lipinski definition) is 1. The SMILES string of the molecule is Cc1ccsc1CNC[C@H]1CCN(CC(F)(F)F)C1. The summed E-state index contributed by atoms with van der Waals surface area (Å²) < 4.78 is 36.8. The lowest BCUT2D eigenvalue weighted by atomic mass is 10.1. The number of nitrogens with zero attached hydrogens (tertiary/aromatic N) is 1. The number of hydrogen-bond acceptors (Lipinski definition) is 3. The average molecular weight is 292 g/mol. The van der Waals surface area contributed by atoms with Crippen molar-refractivity contribution in [2.45, 2.75) is 26.1 Å². The van der Waals surface area contributed by atoms with Crippen LogP contribution in [0.2, 0.25) is 0 Å². The van der Waals surface area contributed by atoms with E-state index in [1.165, 1.54) is 15.3 Å². The monoisotopic (exact) mass is 292 g/mol. The van der Waals surface area contributed by atoms with Gasteiger partial charge < -0.3 is 5.32 Å². The second kappa shape index (κ2) is 6.24. The molecule has 1 N–H and O–H groups in total. The van der Waals surface area contributed by atoms with Crippen LogP contribution in [-0.4, -0.2) is 37.3 Å². The van der Waals surface area contributed by atoms with Crippen molar-refractivity contribution in [2.24, 2.45) is 5.92 Å². The van der Waals surface area contributed by atoms with Gasteiger partial charge in [-0.3, -0.25) is 4.90 Å². The molecule has 2 rings (SSSR count). The quantitative estimate of drug-likeness (QED) is 0.897. The predicted molar refractivity (Wildman–Crippen MR) is 71.4 cm³/mol. The molecule has 19 heavy (non-hydrogen) atoms. The van der Waals surface area contributed by atoms with Crippen molar-refractivity contribution < 1.29 is 13.2 Å². The molecule has 1 aliphatic rings. The van der Waals surface area contributed by atoms with Crippen LogP contribution in [0.1, 0.15) is 16.9 Å². The van der Waals surface area contributed by atoms with Crippen LogP contribution in [0, 0.1) is 12.8 Å². The van der Waals surface area contributed by atoms with E-state index < -0.39 is 12.7 Å². The minimum atomic E-state index is -4.07. The predicted octanol–water partition coefficient (Wildman–Crippen LogP) is 3.03. The van der Waals surface area contributed by atoms with Crippen molar-refractivity contribution in [3.8, 4) is 0 Å². The molecule has 1 fully saturated rings. The summed E-state index contributed by atoms with van der Waals surface area (Å²) in [7, 11) is 0. The zero-order valence-electron chi connectivity index (χ0n) is 11.0. The number of nitrogens with one attached hydrogen (secondary N) is 1. The van der Waals surface area contributed by atoms with Gasteiger partial charge in [-0.1, -0.05) is 0 Å². The van der Waals surface area contributed by atoms with Gasteiger partial charge in [-0.05, 0) is 49.4 Å². The first kappa shape index (κ1) is 14.8. The molecule has 0 aromatic carbocycles. The van der Waals surface area contributed by atoms with E-state index in [0.29, 0.717) is 19.0 Å². The Morgan fingerprint density at radius 1 is 1.47 bits per heavy atom. The van der Waals surface area contributed by atoms with E-state index in [0.717, 1.165) is 19.5 Å². The first-order valence-corrected chi connectivity index (χ1v) is 7.35. The molecule has 6 heteroatoms. The lowest BCUT2D eigenvalue weighted by Gasteiger charge is -2.18. The maximum Gasteiger partial charge on any atom is 0.401 e. The maximum absolute atomic E-state index is 12.3. The summed E-state index contributed by atoms with van der Waals surface area (Å²) in [5.41, 5.74) is 1.28. The average Bonchev–Trinajstić information content (AvgIpc) is 2.87. The number of aryl methyl sites for hydroxylation is 1. The van der Waals surface area contributed by atoms with E-state index >= 15 is 0 Å². The molecule has 108 valence electrons. The Labute approximate surface area is 115 Å². The Hall–Kier alpha value is -0.590. The molecule has 0 aliphatic carbocycles. The van der Waals surface area contributed by atoms with Crippen molar-refractivity contribution in [3.63, 3.8) is 0 Å². The Morgan fingerprint density at radius 3 is 2.89 bits per heavy atom. The molecule has 0 radical (unpaired) electrons. The van der Waals surface area contributed by atoms with Gasteiger partial charge in [-0.2, -0.15) is 13.2 Å². The van der Waals surface area contributed by atoms with Gasteiger partial charge in [0.1, 0.15) is 0 Å². The molecule has 1 aromatic rings. The van der Waals surface area contributed by atoms with E-state index in [2.05, 4.69) is 23.7 Å². The van der Waals surface area contributed by atoms with E-state index in [9.17, 15) is 13.2 Å². The first-order valence-electron chi connectivity index (χ1n) is 6.47. The molecule has 1 saturated heterocycles. The number of halogens is 3. The third kappa shape index (κ3) is 4.78. The fourth-order valence-electron chi connectivity index (χ4n) is 2.45. The lowest BCUT2D eigenvalue weighted by Crippen LogP contribution is -2.33. The number of likely N-dealkylation sites (tertiary alicyclic amines) is 1. The molecule has 2 nitrogen and oxygen atoms in total. The molecule has 1 aromatic heterocycles. The molecule has 1 aliphatic heterocycles. The minimum absolute atomic E-state index is 0.336. The Bertz CT molecular complexity index is 403. The second-order valence-corrected chi connectivity index (χ2v) is 6.16. The number of alkyl halides is 3. The second-order valence-electron chi connectivity index (χ2n) is 5.16. The van der Waals surface area contributed by atoms with Crippen molar-refractivity contribution in [2.75, 3.05) is 26.2 Å². The highest BCUT2D eigenvalue weighted by Crippen LogP contribution is 2.22. The van der Waals surface area contributed by atoms with Crippen LogP contribution in [-0.2, 0) is 6.54 Å². The van der Waals surface area contributed by atoms with Crippen LogP contribution in [0.25, 0.3) is 0 Å². The van der Waals surface area contributed by atoms with Crippen LogP contribution in [0.5, 0.6) is 0 Å². The van der Waals surface area contributed by atoms with Gasteiger partial charge in [-0.25, -0.2) is 0 Å².